The molecule has 0 saturated carbocycles. The summed E-state index contributed by atoms with van der Waals surface area (Å²) in [5.41, 5.74) is 0. The van der Waals surface area contributed by atoms with Gasteiger partial charge in [0.2, 0.25) is 0 Å². The largest absolute Gasteiger partial charge is 0.481 e. The normalized spacial score (nSPS) is 12.0. The predicted molar refractivity (Wildman–Crippen MR) is 87.0 cm³/mol. The molecular weight excluding hydrogens is 306 g/mol. The zero-order valence-electron chi connectivity index (χ0n) is 12.1. The molecule has 1 amide bonds. The second kappa shape index (κ2) is 7.48. The van der Waals surface area contributed by atoms with Gasteiger partial charge in [0.1, 0.15) is 5.75 Å². The van der Waals surface area contributed by atoms with E-state index in [2.05, 4.69) is 0 Å². The quantitative estimate of drug-likeness (QED) is 0.796. The molecular formula is C16H18ClNO2S. The Morgan fingerprint density at radius 3 is 2.57 bits per heavy atom. The topological polar surface area (TPSA) is 29.5 Å². The highest BCUT2D eigenvalue weighted by Crippen LogP contribution is 2.23. The first-order valence-corrected chi connectivity index (χ1v) is 8.04. The zero-order valence-corrected chi connectivity index (χ0v) is 13.7. The molecule has 0 spiro atoms. The van der Waals surface area contributed by atoms with E-state index in [0.717, 1.165) is 9.21 Å². The Hall–Kier alpha value is -1.52. The van der Waals surface area contributed by atoms with Crippen molar-refractivity contribution in [2.24, 2.45) is 0 Å². The lowest BCUT2D eigenvalue weighted by atomic mass is 10.3. The molecule has 1 aromatic carbocycles. The molecule has 0 bridgehead atoms. The number of rotatable bonds is 6. The van der Waals surface area contributed by atoms with Crippen molar-refractivity contribution in [2.75, 3.05) is 6.54 Å². The number of hydrogen-bond acceptors (Lipinski definition) is 3. The number of hydrogen-bond donors (Lipinski definition) is 0. The van der Waals surface area contributed by atoms with Crippen molar-refractivity contribution in [2.45, 2.75) is 26.5 Å². The lowest BCUT2D eigenvalue weighted by Crippen LogP contribution is -2.39. The summed E-state index contributed by atoms with van der Waals surface area (Å²) in [6, 6.07) is 13.2. The molecule has 21 heavy (non-hydrogen) atoms. The van der Waals surface area contributed by atoms with Gasteiger partial charge in [-0.3, -0.25) is 4.79 Å². The molecule has 1 heterocycles. The van der Waals surface area contributed by atoms with Crippen LogP contribution in [0.4, 0.5) is 0 Å². The van der Waals surface area contributed by atoms with Gasteiger partial charge in [-0.25, -0.2) is 0 Å². The fourth-order valence-electron chi connectivity index (χ4n) is 1.98. The summed E-state index contributed by atoms with van der Waals surface area (Å²) in [5.74, 6) is 0.680. The van der Waals surface area contributed by atoms with Crippen LogP contribution in [0.5, 0.6) is 5.75 Å². The highest BCUT2D eigenvalue weighted by molar-refractivity contribution is 7.16. The third-order valence-corrected chi connectivity index (χ3v) is 4.29. The molecule has 112 valence electrons. The van der Waals surface area contributed by atoms with Crippen molar-refractivity contribution in [3.8, 4) is 5.75 Å². The van der Waals surface area contributed by atoms with Crippen molar-refractivity contribution in [1.82, 2.24) is 4.90 Å². The monoisotopic (exact) mass is 323 g/mol. The van der Waals surface area contributed by atoms with Crippen molar-refractivity contribution >= 4 is 28.8 Å². The smallest absolute Gasteiger partial charge is 0.263 e. The number of halogens is 1. The van der Waals surface area contributed by atoms with E-state index in [1.807, 2.05) is 49.4 Å². The number of amides is 1. The van der Waals surface area contributed by atoms with E-state index in [0.29, 0.717) is 18.8 Å². The van der Waals surface area contributed by atoms with Crippen LogP contribution in [0.3, 0.4) is 0 Å². The summed E-state index contributed by atoms with van der Waals surface area (Å²) in [6.07, 6.45) is -0.511. The lowest BCUT2D eigenvalue weighted by Gasteiger charge is -2.24. The SMILES string of the molecule is CCN(Cc1ccc(Cl)s1)C(=O)C(C)Oc1ccccc1. The number of carbonyl (C=O) groups excluding carboxylic acids is 1. The number of likely N-dealkylation sites (N-methyl/N-ethyl adjacent to an activating group) is 1. The molecule has 0 fully saturated rings. The zero-order chi connectivity index (χ0) is 15.2. The van der Waals surface area contributed by atoms with Crippen molar-refractivity contribution < 1.29 is 9.53 Å². The van der Waals surface area contributed by atoms with Crippen LogP contribution >= 0.6 is 22.9 Å². The van der Waals surface area contributed by atoms with Gasteiger partial charge in [0, 0.05) is 11.4 Å². The third kappa shape index (κ3) is 4.48. The van der Waals surface area contributed by atoms with Crippen molar-refractivity contribution in [3.05, 3.63) is 51.7 Å². The van der Waals surface area contributed by atoms with Crippen LogP contribution in [0.2, 0.25) is 4.34 Å². The number of para-hydroxylation sites is 1. The Kier molecular flexibility index (Phi) is 5.65. The summed E-state index contributed by atoms with van der Waals surface area (Å²) < 4.78 is 6.43. The summed E-state index contributed by atoms with van der Waals surface area (Å²) in [5, 5.41) is 0. The summed E-state index contributed by atoms with van der Waals surface area (Å²) >= 11 is 7.42. The summed E-state index contributed by atoms with van der Waals surface area (Å²) in [7, 11) is 0. The summed E-state index contributed by atoms with van der Waals surface area (Å²) in [4.78, 5) is 15.3. The van der Waals surface area contributed by atoms with E-state index in [4.69, 9.17) is 16.3 Å². The van der Waals surface area contributed by atoms with Gasteiger partial charge < -0.3 is 9.64 Å². The minimum absolute atomic E-state index is 0.0223. The molecule has 2 aromatic rings. The average Bonchev–Trinajstić information content (AvgIpc) is 2.90. The van der Waals surface area contributed by atoms with Gasteiger partial charge in [0.25, 0.3) is 5.91 Å². The fraction of sp³-hybridized carbons (Fsp3) is 0.312. The number of benzene rings is 1. The van der Waals surface area contributed by atoms with Crippen LogP contribution in [0.25, 0.3) is 0 Å². The van der Waals surface area contributed by atoms with Gasteiger partial charge in [-0.1, -0.05) is 29.8 Å². The van der Waals surface area contributed by atoms with Crippen LogP contribution in [0.15, 0.2) is 42.5 Å². The summed E-state index contributed by atoms with van der Waals surface area (Å²) in [6.45, 7) is 4.94. The molecule has 1 atom stereocenters. The van der Waals surface area contributed by atoms with Crippen LogP contribution in [-0.4, -0.2) is 23.5 Å². The molecule has 0 aliphatic rings. The lowest BCUT2D eigenvalue weighted by molar-refractivity contribution is -0.138. The Labute approximate surface area is 134 Å². The van der Waals surface area contributed by atoms with E-state index in [-0.39, 0.29) is 5.91 Å². The molecule has 0 aliphatic carbocycles. The maximum absolute atomic E-state index is 12.5. The van der Waals surface area contributed by atoms with Gasteiger partial charge in [-0.15, -0.1) is 11.3 Å². The molecule has 0 N–H and O–H groups in total. The first-order chi connectivity index (χ1) is 10.1. The number of nitrogens with zero attached hydrogens (tertiary/aromatic N) is 1. The molecule has 0 aliphatic heterocycles. The van der Waals surface area contributed by atoms with E-state index in [9.17, 15) is 4.79 Å². The fourth-order valence-corrected chi connectivity index (χ4v) is 3.08. The predicted octanol–water partition coefficient (Wildman–Crippen LogP) is 4.22. The molecule has 2 rings (SSSR count). The second-order valence-electron chi connectivity index (χ2n) is 4.63. The molecule has 0 radical (unpaired) electrons. The minimum Gasteiger partial charge on any atom is -0.481 e. The highest BCUT2D eigenvalue weighted by Gasteiger charge is 2.21. The molecule has 3 nitrogen and oxygen atoms in total. The molecule has 1 aromatic heterocycles. The number of ether oxygens (including phenoxy) is 1. The Morgan fingerprint density at radius 2 is 2.00 bits per heavy atom. The van der Waals surface area contributed by atoms with Crippen LogP contribution < -0.4 is 4.74 Å². The molecule has 0 saturated heterocycles. The van der Waals surface area contributed by atoms with Crippen molar-refractivity contribution in [1.29, 1.82) is 0 Å². The standard InChI is InChI=1S/C16H18ClNO2S/c1-3-18(11-14-9-10-15(17)21-14)16(19)12(2)20-13-7-5-4-6-8-13/h4-10,12H,3,11H2,1-2H3. The van der Waals surface area contributed by atoms with Crippen LogP contribution in [0.1, 0.15) is 18.7 Å². The molecule has 5 heteroatoms. The van der Waals surface area contributed by atoms with Crippen LogP contribution in [-0.2, 0) is 11.3 Å². The number of carbonyl (C=O) groups is 1. The maximum Gasteiger partial charge on any atom is 0.263 e. The van der Waals surface area contributed by atoms with E-state index in [1.54, 1.807) is 11.8 Å². The first kappa shape index (κ1) is 15.9. The van der Waals surface area contributed by atoms with Gasteiger partial charge in [-0.2, -0.15) is 0 Å². The average molecular weight is 324 g/mol. The van der Waals surface area contributed by atoms with Gasteiger partial charge in [0.15, 0.2) is 6.10 Å². The van der Waals surface area contributed by atoms with E-state index >= 15 is 0 Å². The van der Waals surface area contributed by atoms with Gasteiger partial charge in [0.05, 0.1) is 10.9 Å². The Bertz CT molecular complexity index is 585. The number of thiophene rings is 1. The maximum atomic E-state index is 12.5. The first-order valence-electron chi connectivity index (χ1n) is 6.85. The Morgan fingerprint density at radius 1 is 1.29 bits per heavy atom. The Balaban J connectivity index is 1.98. The van der Waals surface area contributed by atoms with Crippen molar-refractivity contribution in [3.63, 3.8) is 0 Å². The second-order valence-corrected chi connectivity index (χ2v) is 6.43. The van der Waals surface area contributed by atoms with Gasteiger partial charge in [-0.05, 0) is 38.1 Å². The van der Waals surface area contributed by atoms with E-state index < -0.39 is 6.10 Å². The van der Waals surface area contributed by atoms with Crippen LogP contribution in [0, 0.1) is 0 Å². The molecule has 1 unspecified atom stereocenters. The van der Waals surface area contributed by atoms with E-state index in [1.165, 1.54) is 11.3 Å². The minimum atomic E-state index is -0.511. The third-order valence-electron chi connectivity index (χ3n) is 3.07. The van der Waals surface area contributed by atoms with Gasteiger partial charge >= 0.3 is 0 Å². The highest BCUT2D eigenvalue weighted by atomic mass is 35.5.